The molecule has 6 heteroatoms. The highest BCUT2D eigenvalue weighted by Gasteiger charge is 2.22. The summed E-state index contributed by atoms with van der Waals surface area (Å²) in [5.74, 6) is -0.900. The molecule has 0 aliphatic carbocycles. The Morgan fingerprint density at radius 3 is 2.86 bits per heavy atom. The number of benzene rings is 1. The van der Waals surface area contributed by atoms with E-state index in [9.17, 15) is 9.90 Å². The van der Waals surface area contributed by atoms with Gasteiger partial charge in [0, 0.05) is 34.7 Å². The lowest BCUT2D eigenvalue weighted by Crippen LogP contribution is -2.34. The molecule has 1 unspecified atom stereocenters. The molecule has 0 aliphatic heterocycles. The summed E-state index contributed by atoms with van der Waals surface area (Å²) in [5, 5.41) is 13.5. The fourth-order valence-corrected chi connectivity index (χ4v) is 2.61. The molecule has 0 spiro atoms. The third-order valence-corrected chi connectivity index (χ3v) is 3.90. The Kier molecular flexibility index (Phi) is 5.27. The molecular formula is C15H18BrN3O2. The van der Waals surface area contributed by atoms with E-state index in [1.54, 1.807) is 12.3 Å². The van der Waals surface area contributed by atoms with Gasteiger partial charge in [0.2, 0.25) is 0 Å². The first-order chi connectivity index (χ1) is 10.0. The number of aromatic nitrogens is 1. The molecule has 0 radical (unpaired) electrons. The quantitative estimate of drug-likeness (QED) is 0.835. The van der Waals surface area contributed by atoms with Crippen LogP contribution in [0.25, 0.3) is 10.9 Å². The SMILES string of the molecule is CN(C)CCNC(C(=O)O)c1ccc(Br)c2cccnc12. The maximum atomic E-state index is 11.6. The van der Waals surface area contributed by atoms with Crippen LogP contribution in [0.15, 0.2) is 34.9 Å². The fraction of sp³-hybridized carbons (Fsp3) is 0.333. The van der Waals surface area contributed by atoms with Crippen LogP contribution < -0.4 is 5.32 Å². The van der Waals surface area contributed by atoms with Crippen LogP contribution in [0.1, 0.15) is 11.6 Å². The molecule has 0 aliphatic rings. The van der Waals surface area contributed by atoms with Crippen LogP contribution in [0.5, 0.6) is 0 Å². The smallest absolute Gasteiger partial charge is 0.325 e. The van der Waals surface area contributed by atoms with Gasteiger partial charge in [-0.3, -0.25) is 15.1 Å². The molecule has 2 rings (SSSR count). The van der Waals surface area contributed by atoms with E-state index in [1.165, 1.54) is 0 Å². The highest BCUT2D eigenvalue weighted by atomic mass is 79.9. The van der Waals surface area contributed by atoms with E-state index in [1.807, 2.05) is 37.2 Å². The third-order valence-electron chi connectivity index (χ3n) is 3.21. The molecule has 2 aromatic rings. The zero-order valence-corrected chi connectivity index (χ0v) is 13.6. The Hall–Kier alpha value is -1.50. The summed E-state index contributed by atoms with van der Waals surface area (Å²) in [5.41, 5.74) is 1.39. The van der Waals surface area contributed by atoms with E-state index in [4.69, 9.17) is 0 Å². The third kappa shape index (κ3) is 3.78. The number of carboxylic acid groups (broad SMARTS) is 1. The number of rotatable bonds is 6. The Morgan fingerprint density at radius 2 is 2.19 bits per heavy atom. The molecule has 1 heterocycles. The molecular weight excluding hydrogens is 334 g/mol. The Bertz CT molecular complexity index is 646. The number of carbonyl (C=O) groups is 1. The number of halogens is 1. The molecule has 1 aromatic carbocycles. The molecule has 2 N–H and O–H groups in total. The molecule has 0 amide bonds. The van der Waals surface area contributed by atoms with Crippen molar-refractivity contribution in [2.75, 3.05) is 27.2 Å². The molecule has 0 bridgehead atoms. The average Bonchev–Trinajstić information content (AvgIpc) is 2.45. The van der Waals surface area contributed by atoms with Gasteiger partial charge in [0.05, 0.1) is 5.52 Å². The average molecular weight is 352 g/mol. The number of hydrogen-bond donors (Lipinski definition) is 2. The first kappa shape index (κ1) is 15.9. The summed E-state index contributed by atoms with van der Waals surface area (Å²) in [4.78, 5) is 17.9. The van der Waals surface area contributed by atoms with Gasteiger partial charge in [-0.2, -0.15) is 0 Å². The fourth-order valence-electron chi connectivity index (χ4n) is 2.16. The largest absolute Gasteiger partial charge is 0.480 e. The lowest BCUT2D eigenvalue weighted by atomic mass is 10.0. The van der Waals surface area contributed by atoms with Crippen molar-refractivity contribution in [1.82, 2.24) is 15.2 Å². The number of likely N-dealkylation sites (N-methyl/N-ethyl adjacent to an activating group) is 1. The number of nitrogens with one attached hydrogen (secondary N) is 1. The molecule has 1 atom stereocenters. The lowest BCUT2D eigenvalue weighted by molar-refractivity contribution is -0.139. The van der Waals surface area contributed by atoms with E-state index in [-0.39, 0.29) is 0 Å². The zero-order chi connectivity index (χ0) is 15.4. The van der Waals surface area contributed by atoms with E-state index < -0.39 is 12.0 Å². The minimum Gasteiger partial charge on any atom is -0.480 e. The Morgan fingerprint density at radius 1 is 1.43 bits per heavy atom. The highest BCUT2D eigenvalue weighted by Crippen LogP contribution is 2.28. The van der Waals surface area contributed by atoms with Crippen LogP contribution in [0.4, 0.5) is 0 Å². The van der Waals surface area contributed by atoms with Gasteiger partial charge in [0.15, 0.2) is 0 Å². The summed E-state index contributed by atoms with van der Waals surface area (Å²) < 4.78 is 0.909. The number of aliphatic carboxylic acids is 1. The van der Waals surface area contributed by atoms with Crippen LogP contribution in [0.2, 0.25) is 0 Å². The van der Waals surface area contributed by atoms with Gasteiger partial charge in [-0.1, -0.05) is 28.1 Å². The van der Waals surface area contributed by atoms with E-state index in [0.717, 1.165) is 16.4 Å². The molecule has 112 valence electrons. The van der Waals surface area contributed by atoms with Gasteiger partial charge in [-0.05, 0) is 26.2 Å². The van der Waals surface area contributed by atoms with Crippen molar-refractivity contribution in [1.29, 1.82) is 0 Å². The van der Waals surface area contributed by atoms with Crippen molar-refractivity contribution in [2.45, 2.75) is 6.04 Å². The summed E-state index contributed by atoms with van der Waals surface area (Å²) in [6.45, 7) is 1.36. The molecule has 5 nitrogen and oxygen atoms in total. The van der Waals surface area contributed by atoms with Gasteiger partial charge in [0.25, 0.3) is 0 Å². The normalized spacial score (nSPS) is 12.8. The van der Waals surface area contributed by atoms with Crippen molar-refractivity contribution >= 4 is 32.8 Å². The van der Waals surface area contributed by atoms with Crippen LogP contribution in [-0.2, 0) is 4.79 Å². The van der Waals surface area contributed by atoms with Gasteiger partial charge in [-0.15, -0.1) is 0 Å². The van der Waals surface area contributed by atoms with Crippen molar-refractivity contribution in [3.05, 3.63) is 40.5 Å². The maximum absolute atomic E-state index is 11.6. The highest BCUT2D eigenvalue weighted by molar-refractivity contribution is 9.10. The number of hydrogen-bond acceptors (Lipinski definition) is 4. The topological polar surface area (TPSA) is 65.5 Å². The summed E-state index contributed by atoms with van der Waals surface area (Å²) in [7, 11) is 3.90. The molecule has 0 saturated heterocycles. The number of fused-ring (bicyclic) bond motifs is 1. The predicted octanol–water partition coefficient (Wildman–Crippen LogP) is 2.27. The van der Waals surface area contributed by atoms with Crippen molar-refractivity contribution in [3.8, 4) is 0 Å². The van der Waals surface area contributed by atoms with E-state index >= 15 is 0 Å². The number of carboxylic acids is 1. The van der Waals surface area contributed by atoms with Crippen molar-refractivity contribution in [2.24, 2.45) is 0 Å². The molecule has 21 heavy (non-hydrogen) atoms. The first-order valence-corrected chi connectivity index (χ1v) is 7.44. The van der Waals surface area contributed by atoms with Crippen LogP contribution in [0, 0.1) is 0 Å². The summed E-state index contributed by atoms with van der Waals surface area (Å²) in [6, 6.07) is 6.67. The molecule has 0 fully saturated rings. The second-order valence-corrected chi connectivity index (χ2v) is 5.92. The number of nitrogens with zero attached hydrogens (tertiary/aromatic N) is 2. The van der Waals surface area contributed by atoms with Crippen LogP contribution in [0.3, 0.4) is 0 Å². The maximum Gasteiger partial charge on any atom is 0.325 e. The minimum absolute atomic E-state index is 0.592. The number of pyridine rings is 1. The second kappa shape index (κ2) is 6.98. The summed E-state index contributed by atoms with van der Waals surface area (Å²) in [6.07, 6.45) is 1.68. The van der Waals surface area contributed by atoms with Crippen LogP contribution >= 0.6 is 15.9 Å². The Balaban J connectivity index is 2.37. The van der Waals surface area contributed by atoms with Gasteiger partial charge < -0.3 is 10.0 Å². The molecule has 0 saturated carbocycles. The van der Waals surface area contributed by atoms with Crippen molar-refractivity contribution < 1.29 is 9.90 Å². The van der Waals surface area contributed by atoms with Gasteiger partial charge in [0.1, 0.15) is 6.04 Å². The predicted molar refractivity (Wildman–Crippen MR) is 86.4 cm³/mol. The minimum atomic E-state index is -0.900. The van der Waals surface area contributed by atoms with Crippen molar-refractivity contribution in [3.63, 3.8) is 0 Å². The Labute approximate surface area is 132 Å². The van der Waals surface area contributed by atoms with Crippen LogP contribution in [-0.4, -0.2) is 48.1 Å². The summed E-state index contributed by atoms with van der Waals surface area (Å²) >= 11 is 3.47. The van der Waals surface area contributed by atoms with E-state index in [2.05, 4.69) is 26.2 Å². The van der Waals surface area contributed by atoms with Gasteiger partial charge in [-0.25, -0.2) is 0 Å². The monoisotopic (exact) mass is 351 g/mol. The van der Waals surface area contributed by atoms with E-state index in [0.29, 0.717) is 17.6 Å². The first-order valence-electron chi connectivity index (χ1n) is 6.64. The second-order valence-electron chi connectivity index (χ2n) is 5.06. The standard InChI is InChI=1S/C15H18BrN3O2/c1-19(2)9-8-18-14(15(20)21)11-5-6-12(16)10-4-3-7-17-13(10)11/h3-7,14,18H,8-9H2,1-2H3,(H,20,21). The van der Waals surface area contributed by atoms with Gasteiger partial charge >= 0.3 is 5.97 Å². The lowest BCUT2D eigenvalue weighted by Gasteiger charge is -2.18. The molecule has 1 aromatic heterocycles. The zero-order valence-electron chi connectivity index (χ0n) is 12.0.